The summed E-state index contributed by atoms with van der Waals surface area (Å²) in [5, 5.41) is 1.38. The van der Waals surface area contributed by atoms with Gasteiger partial charge in [0, 0.05) is 24.2 Å². The summed E-state index contributed by atoms with van der Waals surface area (Å²) in [4.78, 5) is 15.8. The third-order valence-corrected chi connectivity index (χ3v) is 4.69. The van der Waals surface area contributed by atoms with Crippen LogP contribution in [-0.4, -0.2) is 39.1 Å². The summed E-state index contributed by atoms with van der Waals surface area (Å²) in [6.45, 7) is 18.6. The van der Waals surface area contributed by atoms with Crippen molar-refractivity contribution in [3.8, 4) is 0 Å². The normalized spacial score (nSPS) is 12.5. The summed E-state index contributed by atoms with van der Waals surface area (Å²) >= 11 is 2.89. The first-order valence-corrected chi connectivity index (χ1v) is 9.56. The predicted molar refractivity (Wildman–Crippen MR) is 101 cm³/mol. The molecule has 132 valence electrons. The molecule has 0 aliphatic carbocycles. The molecule has 1 rings (SSSR count). The van der Waals surface area contributed by atoms with Gasteiger partial charge in [-0.25, -0.2) is 0 Å². The van der Waals surface area contributed by atoms with Crippen LogP contribution in [0.1, 0.15) is 55.4 Å². The minimum atomic E-state index is -0.0103. The van der Waals surface area contributed by atoms with E-state index >= 15 is 0 Å². The van der Waals surface area contributed by atoms with E-state index in [2.05, 4.69) is 84.7 Å². The number of nitrogens with zero attached hydrogens (tertiary/aromatic N) is 4. The molecule has 0 fully saturated rings. The standard InChI is InChI=1S/C15H30N6S2/c1-9-21(10-2)11-16-12(22-19-14(3,4)5)18-13(17-11)23-20-15(6,7)8/h19-20H,9-10H2,1-8H3. The lowest BCUT2D eigenvalue weighted by atomic mass is 10.1. The molecule has 0 aromatic carbocycles. The van der Waals surface area contributed by atoms with Gasteiger partial charge in [0.2, 0.25) is 16.3 Å². The average Bonchev–Trinajstić information content (AvgIpc) is 2.43. The summed E-state index contributed by atoms with van der Waals surface area (Å²) < 4.78 is 6.71. The van der Waals surface area contributed by atoms with Crippen LogP contribution >= 0.6 is 23.9 Å². The van der Waals surface area contributed by atoms with Gasteiger partial charge in [-0.1, -0.05) is 0 Å². The van der Waals surface area contributed by atoms with E-state index in [4.69, 9.17) is 0 Å². The Hall–Kier alpha value is -0.570. The predicted octanol–water partition coefficient (Wildman–Crippen LogP) is 3.51. The van der Waals surface area contributed by atoms with E-state index in [1.54, 1.807) is 0 Å². The average molecular weight is 359 g/mol. The maximum absolute atomic E-state index is 4.59. The molecule has 0 aliphatic rings. The second kappa shape index (κ2) is 8.50. The van der Waals surface area contributed by atoms with Gasteiger partial charge < -0.3 is 4.90 Å². The smallest absolute Gasteiger partial charge is 0.230 e. The van der Waals surface area contributed by atoms with E-state index in [9.17, 15) is 0 Å². The second-order valence-electron chi connectivity index (χ2n) is 7.28. The Balaban J connectivity index is 3.01. The topological polar surface area (TPSA) is 66.0 Å². The molecule has 0 spiro atoms. The van der Waals surface area contributed by atoms with Crippen molar-refractivity contribution in [1.29, 1.82) is 0 Å². The van der Waals surface area contributed by atoms with Crippen LogP contribution in [0.4, 0.5) is 5.95 Å². The van der Waals surface area contributed by atoms with E-state index < -0.39 is 0 Å². The molecule has 0 unspecified atom stereocenters. The van der Waals surface area contributed by atoms with Crippen LogP contribution in [0.5, 0.6) is 0 Å². The number of anilines is 1. The van der Waals surface area contributed by atoms with Crippen molar-refractivity contribution in [3.05, 3.63) is 0 Å². The van der Waals surface area contributed by atoms with Crippen LogP contribution in [0.2, 0.25) is 0 Å². The zero-order chi connectivity index (χ0) is 17.7. The van der Waals surface area contributed by atoms with Crippen LogP contribution < -0.4 is 14.3 Å². The van der Waals surface area contributed by atoms with Crippen LogP contribution in [0.15, 0.2) is 10.3 Å². The lowest BCUT2D eigenvalue weighted by molar-refractivity contribution is 0.532. The van der Waals surface area contributed by atoms with Crippen LogP contribution in [0.3, 0.4) is 0 Å². The van der Waals surface area contributed by atoms with Crippen molar-refractivity contribution >= 4 is 29.8 Å². The van der Waals surface area contributed by atoms with E-state index in [0.29, 0.717) is 10.3 Å². The Morgan fingerprint density at radius 2 is 1.17 bits per heavy atom. The fourth-order valence-electron chi connectivity index (χ4n) is 1.46. The molecular weight excluding hydrogens is 328 g/mol. The van der Waals surface area contributed by atoms with Crippen molar-refractivity contribution in [3.63, 3.8) is 0 Å². The van der Waals surface area contributed by atoms with Crippen LogP contribution in [-0.2, 0) is 0 Å². The van der Waals surface area contributed by atoms with Gasteiger partial charge in [-0.05, 0) is 79.3 Å². The Bertz CT molecular complexity index is 455. The van der Waals surface area contributed by atoms with Gasteiger partial charge in [-0.3, -0.25) is 9.44 Å². The molecule has 1 heterocycles. The van der Waals surface area contributed by atoms with Crippen molar-refractivity contribution in [1.82, 2.24) is 24.4 Å². The molecule has 6 nitrogen and oxygen atoms in total. The van der Waals surface area contributed by atoms with Crippen LogP contribution in [0.25, 0.3) is 0 Å². The first kappa shape index (κ1) is 20.5. The second-order valence-corrected chi connectivity index (χ2v) is 8.83. The molecule has 23 heavy (non-hydrogen) atoms. The van der Waals surface area contributed by atoms with Gasteiger partial charge in [-0.15, -0.1) is 0 Å². The van der Waals surface area contributed by atoms with Gasteiger partial charge in [-0.2, -0.15) is 15.0 Å². The molecule has 0 amide bonds. The van der Waals surface area contributed by atoms with E-state index in [1.807, 2.05) is 0 Å². The fraction of sp³-hybridized carbons (Fsp3) is 0.800. The Morgan fingerprint density at radius 3 is 1.48 bits per heavy atom. The third kappa shape index (κ3) is 8.19. The highest BCUT2D eigenvalue weighted by molar-refractivity contribution is 7.97. The third-order valence-electron chi connectivity index (χ3n) is 2.53. The molecule has 0 bridgehead atoms. The Labute approximate surface area is 149 Å². The Kier molecular flexibility index (Phi) is 7.57. The summed E-state index contributed by atoms with van der Waals surface area (Å²) in [6.07, 6.45) is 0. The van der Waals surface area contributed by atoms with Gasteiger partial charge in [0.05, 0.1) is 0 Å². The largest absolute Gasteiger partial charge is 0.341 e. The number of aromatic nitrogens is 3. The molecule has 0 radical (unpaired) electrons. The maximum Gasteiger partial charge on any atom is 0.230 e. The first-order chi connectivity index (χ1) is 10.5. The highest BCUT2D eigenvalue weighted by Gasteiger charge is 2.17. The molecule has 0 saturated heterocycles. The summed E-state index contributed by atoms with van der Waals surface area (Å²) in [5.41, 5.74) is -0.0206. The number of hydrogen-bond donors (Lipinski definition) is 2. The van der Waals surface area contributed by atoms with Crippen molar-refractivity contribution in [2.24, 2.45) is 0 Å². The lowest BCUT2D eigenvalue weighted by Crippen LogP contribution is -2.31. The lowest BCUT2D eigenvalue weighted by Gasteiger charge is -2.22. The zero-order valence-electron chi connectivity index (χ0n) is 15.5. The summed E-state index contributed by atoms with van der Waals surface area (Å²) in [6, 6.07) is 0. The molecular formula is C15H30N6S2. The minimum Gasteiger partial charge on any atom is -0.341 e. The number of hydrogen-bond acceptors (Lipinski definition) is 8. The van der Waals surface area contributed by atoms with E-state index in [-0.39, 0.29) is 11.1 Å². The van der Waals surface area contributed by atoms with Crippen molar-refractivity contribution in [2.75, 3.05) is 18.0 Å². The van der Waals surface area contributed by atoms with Gasteiger partial charge in [0.15, 0.2) is 0 Å². The van der Waals surface area contributed by atoms with Crippen molar-refractivity contribution in [2.45, 2.75) is 76.8 Å². The first-order valence-electron chi connectivity index (χ1n) is 7.93. The molecule has 0 atom stereocenters. The molecule has 0 saturated carbocycles. The van der Waals surface area contributed by atoms with Crippen molar-refractivity contribution < 1.29 is 0 Å². The molecule has 2 N–H and O–H groups in total. The zero-order valence-corrected chi connectivity index (χ0v) is 17.2. The maximum atomic E-state index is 4.59. The van der Waals surface area contributed by atoms with Gasteiger partial charge in [0.1, 0.15) is 0 Å². The molecule has 1 aromatic rings. The SMILES string of the molecule is CCN(CC)c1nc(SNC(C)(C)C)nc(SNC(C)(C)C)n1. The molecule has 8 heteroatoms. The highest BCUT2D eigenvalue weighted by Crippen LogP contribution is 2.22. The van der Waals surface area contributed by atoms with E-state index in [1.165, 1.54) is 23.9 Å². The highest BCUT2D eigenvalue weighted by atomic mass is 32.2. The monoisotopic (exact) mass is 358 g/mol. The minimum absolute atomic E-state index is 0.0103. The number of nitrogens with one attached hydrogen (secondary N) is 2. The summed E-state index contributed by atoms with van der Waals surface area (Å²) in [5.74, 6) is 0.724. The quantitative estimate of drug-likeness (QED) is 0.718. The van der Waals surface area contributed by atoms with Crippen LogP contribution in [0, 0.1) is 0 Å². The number of rotatable bonds is 7. The Morgan fingerprint density at radius 1 is 0.783 bits per heavy atom. The van der Waals surface area contributed by atoms with E-state index in [0.717, 1.165) is 19.0 Å². The molecule has 1 aromatic heterocycles. The van der Waals surface area contributed by atoms with Gasteiger partial charge in [0.25, 0.3) is 0 Å². The fourth-order valence-corrected chi connectivity index (χ4v) is 2.84. The molecule has 0 aliphatic heterocycles. The van der Waals surface area contributed by atoms with Gasteiger partial charge >= 0.3 is 0 Å². The summed E-state index contributed by atoms with van der Waals surface area (Å²) in [7, 11) is 0.